The Morgan fingerprint density at radius 3 is 2.18 bits per heavy atom. The molecule has 39 heavy (non-hydrogen) atoms. The van der Waals surface area contributed by atoms with Crippen molar-refractivity contribution in [3.63, 3.8) is 0 Å². The van der Waals surface area contributed by atoms with E-state index in [1.807, 2.05) is 80.6 Å². The first-order chi connectivity index (χ1) is 19.0. The van der Waals surface area contributed by atoms with E-state index < -0.39 is 30.4 Å². The molecule has 0 bridgehead atoms. The molecule has 2 aliphatic rings. The molecule has 0 amide bonds. The van der Waals surface area contributed by atoms with Gasteiger partial charge >= 0.3 is 0 Å². The van der Waals surface area contributed by atoms with Gasteiger partial charge in [0, 0.05) is 23.3 Å². The molecule has 0 unspecified atom stereocenters. The summed E-state index contributed by atoms with van der Waals surface area (Å²) in [6.07, 6.45) is -1.82. The molecule has 0 N–H and O–H groups in total. The van der Waals surface area contributed by atoms with Crippen LogP contribution in [-0.4, -0.2) is 54.4 Å². The molecule has 2 aliphatic heterocycles. The molecule has 4 heterocycles. The van der Waals surface area contributed by atoms with Crippen LogP contribution in [0.1, 0.15) is 25.4 Å². The van der Waals surface area contributed by atoms with Gasteiger partial charge in [0.2, 0.25) is 0 Å². The van der Waals surface area contributed by atoms with Crippen molar-refractivity contribution in [3.8, 4) is 28.3 Å². The molecule has 2 saturated heterocycles. The van der Waals surface area contributed by atoms with Gasteiger partial charge in [-0.1, -0.05) is 40.6 Å². The van der Waals surface area contributed by atoms with Crippen molar-refractivity contribution in [2.24, 2.45) is 0 Å². The van der Waals surface area contributed by atoms with E-state index in [2.05, 4.69) is 10.3 Å². The molecule has 2 fully saturated rings. The lowest BCUT2D eigenvalue weighted by atomic mass is 10.1. The van der Waals surface area contributed by atoms with Crippen molar-refractivity contribution in [1.82, 2.24) is 10.3 Å². The molecule has 2 aromatic heterocycles. The topological polar surface area (TPSA) is 107 Å². The Balaban J connectivity index is 1.07. The maximum atomic E-state index is 6.25. The zero-order valence-corrected chi connectivity index (χ0v) is 21.9. The van der Waals surface area contributed by atoms with E-state index in [4.69, 9.17) is 37.5 Å². The van der Waals surface area contributed by atoms with Crippen LogP contribution < -0.4 is 4.74 Å². The van der Waals surface area contributed by atoms with Gasteiger partial charge in [0.1, 0.15) is 48.7 Å². The highest BCUT2D eigenvalue weighted by atomic mass is 16.8. The third kappa shape index (κ3) is 5.75. The van der Waals surface area contributed by atoms with Crippen LogP contribution in [-0.2, 0) is 36.9 Å². The molecule has 10 nitrogen and oxygen atoms in total. The van der Waals surface area contributed by atoms with E-state index in [-0.39, 0.29) is 19.8 Å². The van der Waals surface area contributed by atoms with Crippen LogP contribution in [0.4, 0.5) is 0 Å². The first kappa shape index (κ1) is 25.7. The number of rotatable bonds is 10. The van der Waals surface area contributed by atoms with Gasteiger partial charge in [-0.05, 0) is 38.1 Å². The van der Waals surface area contributed by atoms with E-state index in [0.717, 1.165) is 28.3 Å². The second kappa shape index (κ2) is 10.9. The zero-order chi connectivity index (χ0) is 26.8. The number of ether oxygens (including phenoxy) is 6. The minimum atomic E-state index is -0.771. The average molecular weight is 535 g/mol. The minimum Gasteiger partial charge on any atom is -0.497 e. The van der Waals surface area contributed by atoms with Crippen LogP contribution in [0.15, 0.2) is 75.8 Å². The number of hydrogen-bond acceptors (Lipinski definition) is 10. The van der Waals surface area contributed by atoms with Gasteiger partial charge in [-0.25, -0.2) is 0 Å². The van der Waals surface area contributed by atoms with E-state index in [0.29, 0.717) is 11.5 Å². The molecular weight excluding hydrogens is 504 g/mol. The normalized spacial score (nSPS) is 23.7. The second-order valence-corrected chi connectivity index (χ2v) is 9.89. The highest BCUT2D eigenvalue weighted by molar-refractivity contribution is 5.60. The fourth-order valence-corrected chi connectivity index (χ4v) is 4.74. The summed E-state index contributed by atoms with van der Waals surface area (Å²) in [5.41, 5.74) is 3.36. The molecule has 10 heteroatoms. The number of benzene rings is 2. The van der Waals surface area contributed by atoms with Gasteiger partial charge in [-0.15, -0.1) is 0 Å². The monoisotopic (exact) mass is 534 g/mol. The standard InChI is InChI=1S/C29H30N2O8/c1-29(2)36-27-26(34-16-22-14-23(30-39-22)18-7-5-4-6-8-18)25(35-28(27)37-29)17-33-15-21-13-24(31-38-21)19-9-11-20(32-3)12-10-19/h4-14,25-28H,15-17H2,1-3H3/t25-,26+,27-,28-/m1/s1. The quantitative estimate of drug-likeness (QED) is 0.276. The second-order valence-electron chi connectivity index (χ2n) is 9.89. The summed E-state index contributed by atoms with van der Waals surface area (Å²) in [7, 11) is 1.63. The Morgan fingerprint density at radius 2 is 1.49 bits per heavy atom. The van der Waals surface area contributed by atoms with Crippen molar-refractivity contribution in [3.05, 3.63) is 78.3 Å². The van der Waals surface area contributed by atoms with Gasteiger partial charge in [0.25, 0.3) is 0 Å². The molecule has 4 aromatic rings. The van der Waals surface area contributed by atoms with Crippen molar-refractivity contribution in [2.75, 3.05) is 13.7 Å². The largest absolute Gasteiger partial charge is 0.497 e. The highest BCUT2D eigenvalue weighted by Gasteiger charge is 2.55. The molecule has 204 valence electrons. The summed E-state index contributed by atoms with van der Waals surface area (Å²) in [5.74, 6) is 1.20. The highest BCUT2D eigenvalue weighted by Crippen LogP contribution is 2.39. The molecule has 0 aliphatic carbocycles. The summed E-state index contributed by atoms with van der Waals surface area (Å²) in [4.78, 5) is 0. The van der Waals surface area contributed by atoms with Crippen LogP contribution >= 0.6 is 0 Å². The average Bonchev–Trinajstić information content (AvgIpc) is 3.72. The Bertz CT molecular complexity index is 1370. The first-order valence-electron chi connectivity index (χ1n) is 12.8. The predicted molar refractivity (Wildman–Crippen MR) is 137 cm³/mol. The van der Waals surface area contributed by atoms with Crippen molar-refractivity contribution >= 4 is 0 Å². The van der Waals surface area contributed by atoms with Gasteiger partial charge in [-0.3, -0.25) is 0 Å². The van der Waals surface area contributed by atoms with Crippen LogP contribution in [0.5, 0.6) is 5.75 Å². The Hall–Kier alpha value is -3.54. The molecule has 4 atom stereocenters. The SMILES string of the molecule is COc1ccc(-c2cc(COC[C@H]3O[C@@H]4OC(C)(C)O[C@@H]4[C@H]3OCc3cc(-c4ccccc4)no3)on2)cc1. The molecule has 6 rings (SSSR count). The summed E-state index contributed by atoms with van der Waals surface area (Å²) in [6.45, 7) is 4.37. The zero-order valence-electron chi connectivity index (χ0n) is 21.9. The van der Waals surface area contributed by atoms with E-state index >= 15 is 0 Å². The minimum absolute atomic E-state index is 0.199. The Kier molecular flexibility index (Phi) is 7.20. The Morgan fingerprint density at radius 1 is 0.821 bits per heavy atom. The van der Waals surface area contributed by atoms with E-state index in [1.165, 1.54) is 0 Å². The van der Waals surface area contributed by atoms with E-state index in [9.17, 15) is 0 Å². The molecule has 2 aromatic carbocycles. The number of hydrogen-bond donors (Lipinski definition) is 0. The Labute approximate surface area is 225 Å². The molecule has 0 saturated carbocycles. The van der Waals surface area contributed by atoms with Crippen molar-refractivity contribution in [1.29, 1.82) is 0 Å². The summed E-state index contributed by atoms with van der Waals surface area (Å²) in [6, 6.07) is 21.1. The lowest BCUT2D eigenvalue weighted by Crippen LogP contribution is -2.38. The molecule has 0 radical (unpaired) electrons. The third-order valence-electron chi connectivity index (χ3n) is 6.60. The van der Waals surface area contributed by atoms with Crippen LogP contribution in [0.25, 0.3) is 22.5 Å². The van der Waals surface area contributed by atoms with Crippen LogP contribution in [0.2, 0.25) is 0 Å². The maximum absolute atomic E-state index is 6.25. The van der Waals surface area contributed by atoms with Gasteiger partial charge in [0.15, 0.2) is 23.6 Å². The lowest BCUT2D eigenvalue weighted by Gasteiger charge is -2.25. The summed E-state index contributed by atoms with van der Waals surface area (Å²) < 4.78 is 46.5. The predicted octanol–water partition coefficient (Wildman–Crippen LogP) is 4.98. The fourth-order valence-electron chi connectivity index (χ4n) is 4.74. The fraction of sp³-hybridized carbons (Fsp3) is 0.379. The van der Waals surface area contributed by atoms with Crippen molar-refractivity contribution < 1.29 is 37.5 Å². The van der Waals surface area contributed by atoms with Gasteiger partial charge in [-0.2, -0.15) is 0 Å². The number of methoxy groups -OCH3 is 1. The van der Waals surface area contributed by atoms with Crippen LogP contribution in [0, 0.1) is 0 Å². The first-order valence-corrected chi connectivity index (χ1v) is 12.8. The molecular formula is C29H30N2O8. The van der Waals surface area contributed by atoms with Crippen LogP contribution in [0.3, 0.4) is 0 Å². The maximum Gasteiger partial charge on any atom is 0.190 e. The third-order valence-corrected chi connectivity index (χ3v) is 6.60. The lowest BCUT2D eigenvalue weighted by molar-refractivity contribution is -0.225. The number of aromatic nitrogens is 2. The summed E-state index contributed by atoms with van der Waals surface area (Å²) in [5, 5.41) is 8.31. The van der Waals surface area contributed by atoms with Gasteiger partial charge in [0.05, 0.1) is 13.7 Å². The van der Waals surface area contributed by atoms with Crippen molar-refractivity contribution in [2.45, 2.75) is 57.5 Å². The number of nitrogens with zero attached hydrogens (tertiary/aromatic N) is 2. The summed E-state index contributed by atoms with van der Waals surface area (Å²) >= 11 is 0. The molecule has 0 spiro atoms. The number of fused-ring (bicyclic) bond motifs is 1. The smallest absolute Gasteiger partial charge is 0.190 e. The van der Waals surface area contributed by atoms with E-state index in [1.54, 1.807) is 7.11 Å². The van der Waals surface area contributed by atoms with Gasteiger partial charge < -0.3 is 37.5 Å².